The maximum absolute atomic E-state index is 3.49. The lowest BCUT2D eigenvalue weighted by Crippen LogP contribution is -2.37. The Morgan fingerprint density at radius 2 is 1.85 bits per heavy atom. The molecule has 2 fully saturated rings. The predicted octanol–water partition coefficient (Wildman–Crippen LogP) is 1.61. The van der Waals surface area contributed by atoms with E-state index >= 15 is 0 Å². The van der Waals surface area contributed by atoms with E-state index in [1.165, 1.54) is 51.7 Å². The number of rotatable bonds is 3. The molecule has 1 aliphatic carbocycles. The second-order valence-corrected chi connectivity index (χ2v) is 4.40. The first-order valence-electron chi connectivity index (χ1n) is 5.88. The van der Waals surface area contributed by atoms with Gasteiger partial charge in [0.25, 0.3) is 0 Å². The minimum absolute atomic E-state index is 0.882. The number of nitrogens with zero attached hydrogens (tertiary/aromatic N) is 1. The molecule has 1 unspecified atom stereocenters. The Morgan fingerprint density at radius 3 is 2.54 bits per heavy atom. The Hall–Kier alpha value is -0.0800. The van der Waals surface area contributed by atoms with Crippen molar-refractivity contribution in [1.82, 2.24) is 10.2 Å². The van der Waals surface area contributed by atoms with E-state index in [0.29, 0.717) is 0 Å². The normalized spacial score (nSPS) is 30.5. The summed E-state index contributed by atoms with van der Waals surface area (Å²) in [5.41, 5.74) is 0. The molecule has 2 aliphatic rings. The SMILES string of the molecule is CCN(C1CCCNCC1)C1CC1. The fourth-order valence-corrected chi connectivity index (χ4v) is 2.55. The van der Waals surface area contributed by atoms with Crippen molar-refractivity contribution in [2.24, 2.45) is 0 Å². The molecule has 1 N–H and O–H groups in total. The number of hydrogen-bond donors (Lipinski definition) is 1. The first-order valence-corrected chi connectivity index (χ1v) is 5.88. The van der Waals surface area contributed by atoms with E-state index in [1.54, 1.807) is 0 Å². The topological polar surface area (TPSA) is 15.3 Å². The summed E-state index contributed by atoms with van der Waals surface area (Å²) in [6, 6.07) is 1.83. The molecule has 1 saturated heterocycles. The highest BCUT2D eigenvalue weighted by Crippen LogP contribution is 2.30. The van der Waals surface area contributed by atoms with Gasteiger partial charge >= 0.3 is 0 Å². The monoisotopic (exact) mass is 182 g/mol. The highest BCUT2D eigenvalue weighted by atomic mass is 15.2. The highest BCUT2D eigenvalue weighted by Gasteiger charge is 2.32. The van der Waals surface area contributed by atoms with Gasteiger partial charge in [0.05, 0.1) is 0 Å². The molecule has 2 heteroatoms. The second-order valence-electron chi connectivity index (χ2n) is 4.40. The molecule has 0 radical (unpaired) electrons. The minimum Gasteiger partial charge on any atom is -0.317 e. The lowest BCUT2D eigenvalue weighted by molar-refractivity contribution is 0.181. The molecular weight excluding hydrogens is 160 g/mol. The van der Waals surface area contributed by atoms with Crippen LogP contribution in [-0.2, 0) is 0 Å². The number of hydrogen-bond acceptors (Lipinski definition) is 2. The molecule has 1 atom stereocenters. The molecular formula is C11H22N2. The van der Waals surface area contributed by atoms with Crippen LogP contribution in [0.15, 0.2) is 0 Å². The maximum Gasteiger partial charge on any atom is 0.0111 e. The predicted molar refractivity (Wildman–Crippen MR) is 55.9 cm³/mol. The van der Waals surface area contributed by atoms with Crippen molar-refractivity contribution < 1.29 is 0 Å². The summed E-state index contributed by atoms with van der Waals surface area (Å²) in [7, 11) is 0. The average Bonchev–Trinajstić information content (AvgIpc) is 2.92. The highest BCUT2D eigenvalue weighted by molar-refractivity contribution is 4.89. The molecule has 0 bridgehead atoms. The smallest absolute Gasteiger partial charge is 0.0111 e. The van der Waals surface area contributed by atoms with Gasteiger partial charge in [-0.3, -0.25) is 4.90 Å². The summed E-state index contributed by atoms with van der Waals surface area (Å²) < 4.78 is 0. The lowest BCUT2D eigenvalue weighted by atomic mass is 10.1. The van der Waals surface area contributed by atoms with Gasteiger partial charge in [0.15, 0.2) is 0 Å². The van der Waals surface area contributed by atoms with Crippen molar-refractivity contribution >= 4 is 0 Å². The molecule has 76 valence electrons. The second kappa shape index (κ2) is 4.43. The van der Waals surface area contributed by atoms with Crippen molar-refractivity contribution in [2.75, 3.05) is 19.6 Å². The Bertz CT molecular complexity index is 146. The molecule has 1 aliphatic heterocycles. The van der Waals surface area contributed by atoms with Crippen LogP contribution in [-0.4, -0.2) is 36.6 Å². The molecule has 13 heavy (non-hydrogen) atoms. The fourth-order valence-electron chi connectivity index (χ4n) is 2.55. The van der Waals surface area contributed by atoms with Crippen molar-refractivity contribution in [3.8, 4) is 0 Å². The summed E-state index contributed by atoms with van der Waals surface area (Å²) in [6.45, 7) is 6.04. The third-order valence-corrected chi connectivity index (χ3v) is 3.40. The van der Waals surface area contributed by atoms with Crippen LogP contribution in [0.1, 0.15) is 39.0 Å². The summed E-state index contributed by atoms with van der Waals surface area (Å²) in [5, 5.41) is 3.49. The third-order valence-electron chi connectivity index (χ3n) is 3.40. The molecule has 2 rings (SSSR count). The Morgan fingerprint density at radius 1 is 1.08 bits per heavy atom. The molecule has 1 saturated carbocycles. The van der Waals surface area contributed by atoms with Gasteiger partial charge in [-0.1, -0.05) is 6.92 Å². The summed E-state index contributed by atoms with van der Waals surface area (Å²) in [5.74, 6) is 0. The van der Waals surface area contributed by atoms with E-state index < -0.39 is 0 Å². The quantitative estimate of drug-likeness (QED) is 0.713. The average molecular weight is 182 g/mol. The van der Waals surface area contributed by atoms with Gasteiger partial charge in [-0.2, -0.15) is 0 Å². The van der Waals surface area contributed by atoms with Crippen molar-refractivity contribution in [3.63, 3.8) is 0 Å². The lowest BCUT2D eigenvalue weighted by Gasteiger charge is -2.29. The zero-order chi connectivity index (χ0) is 9.10. The summed E-state index contributed by atoms with van der Waals surface area (Å²) >= 11 is 0. The first kappa shape index (κ1) is 9.47. The van der Waals surface area contributed by atoms with Gasteiger partial charge in [0.2, 0.25) is 0 Å². The third kappa shape index (κ3) is 2.44. The largest absolute Gasteiger partial charge is 0.317 e. The zero-order valence-corrected chi connectivity index (χ0v) is 8.76. The van der Waals surface area contributed by atoms with Crippen LogP contribution >= 0.6 is 0 Å². The van der Waals surface area contributed by atoms with E-state index in [1.807, 2.05) is 0 Å². The van der Waals surface area contributed by atoms with Crippen molar-refractivity contribution in [1.29, 1.82) is 0 Å². The molecule has 0 amide bonds. The van der Waals surface area contributed by atoms with Crippen LogP contribution in [0.5, 0.6) is 0 Å². The van der Waals surface area contributed by atoms with Gasteiger partial charge in [-0.25, -0.2) is 0 Å². The van der Waals surface area contributed by atoms with Gasteiger partial charge in [-0.05, 0) is 51.7 Å². The molecule has 0 aromatic rings. The van der Waals surface area contributed by atoms with Gasteiger partial charge in [0.1, 0.15) is 0 Å². The Kier molecular flexibility index (Phi) is 3.23. The Labute approximate surface area is 81.7 Å². The van der Waals surface area contributed by atoms with E-state index in [4.69, 9.17) is 0 Å². The standard InChI is InChI=1S/C11H22N2/c1-2-13(11-5-6-11)10-4-3-8-12-9-7-10/h10-12H,2-9H2,1H3. The van der Waals surface area contributed by atoms with Crippen LogP contribution in [0.3, 0.4) is 0 Å². The zero-order valence-electron chi connectivity index (χ0n) is 8.76. The van der Waals surface area contributed by atoms with Crippen LogP contribution in [0.25, 0.3) is 0 Å². The molecule has 2 nitrogen and oxygen atoms in total. The van der Waals surface area contributed by atoms with Crippen LogP contribution in [0.4, 0.5) is 0 Å². The Balaban J connectivity index is 1.87. The van der Waals surface area contributed by atoms with Gasteiger partial charge < -0.3 is 5.32 Å². The maximum atomic E-state index is 3.49. The number of nitrogens with one attached hydrogen (secondary N) is 1. The first-order chi connectivity index (χ1) is 6.42. The van der Waals surface area contributed by atoms with E-state index in [-0.39, 0.29) is 0 Å². The van der Waals surface area contributed by atoms with Gasteiger partial charge in [0, 0.05) is 12.1 Å². The van der Waals surface area contributed by atoms with Gasteiger partial charge in [-0.15, -0.1) is 0 Å². The van der Waals surface area contributed by atoms with Crippen LogP contribution in [0.2, 0.25) is 0 Å². The summed E-state index contributed by atoms with van der Waals surface area (Å²) in [4.78, 5) is 2.74. The minimum atomic E-state index is 0.882. The molecule has 1 heterocycles. The summed E-state index contributed by atoms with van der Waals surface area (Å²) in [6.07, 6.45) is 7.06. The van der Waals surface area contributed by atoms with Crippen molar-refractivity contribution in [2.45, 2.75) is 51.1 Å². The van der Waals surface area contributed by atoms with E-state index in [0.717, 1.165) is 12.1 Å². The molecule has 0 aromatic heterocycles. The fraction of sp³-hybridized carbons (Fsp3) is 1.00. The van der Waals surface area contributed by atoms with Crippen LogP contribution < -0.4 is 5.32 Å². The van der Waals surface area contributed by atoms with E-state index in [2.05, 4.69) is 17.1 Å². The van der Waals surface area contributed by atoms with Crippen LogP contribution in [0, 0.1) is 0 Å². The molecule has 0 spiro atoms. The van der Waals surface area contributed by atoms with Crippen molar-refractivity contribution in [3.05, 3.63) is 0 Å². The molecule has 0 aromatic carbocycles. The van der Waals surface area contributed by atoms with E-state index in [9.17, 15) is 0 Å².